The number of hydrogen-bond acceptors (Lipinski definition) is 1. The van der Waals surface area contributed by atoms with E-state index in [1.807, 2.05) is 12.1 Å². The van der Waals surface area contributed by atoms with Crippen molar-refractivity contribution in [3.63, 3.8) is 0 Å². The maximum absolute atomic E-state index is 10.6. The zero-order valence-corrected chi connectivity index (χ0v) is 15.5. The van der Waals surface area contributed by atoms with E-state index in [0.717, 1.165) is 11.1 Å². The summed E-state index contributed by atoms with van der Waals surface area (Å²) in [5.41, 5.74) is 6.63. The van der Waals surface area contributed by atoms with Gasteiger partial charge in [-0.15, -0.1) is 0 Å². The molecule has 1 N–H and O–H groups in total. The van der Waals surface area contributed by atoms with Gasteiger partial charge in [-0.3, -0.25) is 0 Å². The molecule has 1 aliphatic rings. The molecule has 2 aromatic carbocycles. The molecule has 0 saturated heterocycles. The minimum Gasteiger partial charge on any atom is -0.478 e. The van der Waals surface area contributed by atoms with Gasteiger partial charge in [0.25, 0.3) is 0 Å². The SMILES string of the molecule is CC1(C)CCC(C)(C)c2cc(-c3ccc(/C=C/C(=O)O)cc3)ccc21. The van der Waals surface area contributed by atoms with Crippen LogP contribution in [0.1, 0.15) is 57.2 Å². The molecule has 1 aliphatic carbocycles. The van der Waals surface area contributed by atoms with Crippen LogP contribution in [0, 0.1) is 0 Å². The van der Waals surface area contributed by atoms with Gasteiger partial charge in [-0.05, 0) is 57.6 Å². The van der Waals surface area contributed by atoms with Crippen LogP contribution in [0.2, 0.25) is 0 Å². The van der Waals surface area contributed by atoms with E-state index in [4.69, 9.17) is 5.11 Å². The van der Waals surface area contributed by atoms with Crippen molar-refractivity contribution in [3.05, 3.63) is 65.2 Å². The lowest BCUT2D eigenvalue weighted by molar-refractivity contribution is -0.131. The fourth-order valence-corrected chi connectivity index (χ4v) is 3.72. The molecular weight excluding hydrogens is 308 g/mol. The molecule has 2 heteroatoms. The number of benzene rings is 2. The number of fused-ring (bicyclic) bond motifs is 1. The van der Waals surface area contributed by atoms with Crippen molar-refractivity contribution in [2.24, 2.45) is 0 Å². The van der Waals surface area contributed by atoms with Crippen molar-refractivity contribution in [3.8, 4) is 11.1 Å². The Morgan fingerprint density at radius 2 is 1.44 bits per heavy atom. The van der Waals surface area contributed by atoms with Gasteiger partial charge in [-0.2, -0.15) is 0 Å². The molecule has 0 unspecified atom stereocenters. The summed E-state index contributed by atoms with van der Waals surface area (Å²) >= 11 is 0. The molecule has 0 bridgehead atoms. The molecule has 0 saturated carbocycles. The van der Waals surface area contributed by atoms with E-state index in [1.54, 1.807) is 6.08 Å². The Morgan fingerprint density at radius 3 is 2.04 bits per heavy atom. The van der Waals surface area contributed by atoms with Crippen LogP contribution >= 0.6 is 0 Å². The fourth-order valence-electron chi connectivity index (χ4n) is 3.72. The summed E-state index contributed by atoms with van der Waals surface area (Å²) in [6.07, 6.45) is 5.20. The van der Waals surface area contributed by atoms with E-state index in [1.165, 1.54) is 35.6 Å². The minimum atomic E-state index is -0.927. The normalized spacial score (nSPS) is 18.1. The van der Waals surface area contributed by atoms with Crippen LogP contribution in [0.3, 0.4) is 0 Å². The second kappa shape index (κ2) is 6.18. The van der Waals surface area contributed by atoms with Gasteiger partial charge in [0.2, 0.25) is 0 Å². The van der Waals surface area contributed by atoms with Gasteiger partial charge in [0, 0.05) is 6.08 Å². The van der Waals surface area contributed by atoms with Gasteiger partial charge in [0.15, 0.2) is 0 Å². The van der Waals surface area contributed by atoms with Crippen molar-refractivity contribution >= 4 is 12.0 Å². The van der Waals surface area contributed by atoms with Crippen LogP contribution in [0.4, 0.5) is 0 Å². The van der Waals surface area contributed by atoms with Gasteiger partial charge in [-0.25, -0.2) is 4.79 Å². The molecule has 25 heavy (non-hydrogen) atoms. The number of carbonyl (C=O) groups is 1. The molecule has 3 rings (SSSR count). The first-order valence-electron chi connectivity index (χ1n) is 8.85. The van der Waals surface area contributed by atoms with Crippen LogP contribution in [0.15, 0.2) is 48.5 Å². The highest BCUT2D eigenvalue weighted by Crippen LogP contribution is 2.46. The van der Waals surface area contributed by atoms with Crippen LogP contribution in [-0.2, 0) is 15.6 Å². The summed E-state index contributed by atoms with van der Waals surface area (Å²) in [6.45, 7) is 9.35. The van der Waals surface area contributed by atoms with Crippen LogP contribution in [-0.4, -0.2) is 11.1 Å². The second-order valence-corrected chi connectivity index (χ2v) is 8.32. The van der Waals surface area contributed by atoms with Crippen molar-refractivity contribution < 1.29 is 9.90 Å². The lowest BCUT2D eigenvalue weighted by Gasteiger charge is -2.42. The topological polar surface area (TPSA) is 37.3 Å². The quantitative estimate of drug-likeness (QED) is 0.720. The molecule has 0 amide bonds. The zero-order chi connectivity index (χ0) is 18.2. The predicted molar refractivity (Wildman–Crippen MR) is 104 cm³/mol. The highest BCUT2D eigenvalue weighted by atomic mass is 16.4. The number of rotatable bonds is 3. The number of aliphatic carboxylic acids is 1. The third kappa shape index (κ3) is 3.53. The first-order chi connectivity index (χ1) is 11.7. The third-order valence-electron chi connectivity index (χ3n) is 5.52. The fraction of sp³-hybridized carbons (Fsp3) is 0.348. The summed E-state index contributed by atoms with van der Waals surface area (Å²) in [7, 11) is 0. The highest BCUT2D eigenvalue weighted by molar-refractivity contribution is 5.85. The Labute approximate surface area is 150 Å². The first kappa shape index (κ1) is 17.5. The molecule has 0 atom stereocenters. The number of hydrogen-bond donors (Lipinski definition) is 1. The summed E-state index contributed by atoms with van der Waals surface area (Å²) < 4.78 is 0. The lowest BCUT2D eigenvalue weighted by atomic mass is 9.63. The summed E-state index contributed by atoms with van der Waals surface area (Å²) in [5.74, 6) is -0.927. The van der Waals surface area contributed by atoms with Crippen LogP contribution in [0.5, 0.6) is 0 Å². The average Bonchev–Trinajstić information content (AvgIpc) is 2.57. The molecule has 0 fully saturated rings. The van der Waals surface area contributed by atoms with E-state index in [2.05, 4.69) is 58.0 Å². The number of carboxylic acid groups (broad SMARTS) is 1. The van der Waals surface area contributed by atoms with Crippen molar-refractivity contribution in [1.29, 1.82) is 0 Å². The van der Waals surface area contributed by atoms with Crippen molar-refractivity contribution in [2.45, 2.75) is 51.4 Å². The molecule has 0 heterocycles. The highest BCUT2D eigenvalue weighted by Gasteiger charge is 2.36. The third-order valence-corrected chi connectivity index (χ3v) is 5.52. The molecule has 0 spiro atoms. The van der Waals surface area contributed by atoms with Crippen molar-refractivity contribution in [1.82, 2.24) is 0 Å². The molecule has 2 aromatic rings. The van der Waals surface area contributed by atoms with E-state index >= 15 is 0 Å². The molecule has 130 valence electrons. The Balaban J connectivity index is 1.98. The molecule has 0 aliphatic heterocycles. The van der Waals surface area contributed by atoms with Crippen molar-refractivity contribution in [2.75, 3.05) is 0 Å². The smallest absolute Gasteiger partial charge is 0.328 e. The van der Waals surface area contributed by atoms with E-state index in [9.17, 15) is 4.79 Å². The molecule has 2 nitrogen and oxygen atoms in total. The van der Waals surface area contributed by atoms with Gasteiger partial charge >= 0.3 is 5.97 Å². The summed E-state index contributed by atoms with van der Waals surface area (Å²) in [5, 5.41) is 8.72. The Bertz CT molecular complexity index is 824. The second-order valence-electron chi connectivity index (χ2n) is 8.32. The lowest BCUT2D eigenvalue weighted by Crippen LogP contribution is -2.33. The van der Waals surface area contributed by atoms with Gasteiger partial charge in [0.05, 0.1) is 0 Å². The monoisotopic (exact) mass is 334 g/mol. The van der Waals surface area contributed by atoms with Crippen LogP contribution < -0.4 is 0 Å². The van der Waals surface area contributed by atoms with E-state index < -0.39 is 5.97 Å². The number of carboxylic acids is 1. The van der Waals surface area contributed by atoms with E-state index in [0.29, 0.717) is 0 Å². The summed E-state index contributed by atoms with van der Waals surface area (Å²) in [4.78, 5) is 10.6. The maximum Gasteiger partial charge on any atom is 0.328 e. The van der Waals surface area contributed by atoms with Crippen LogP contribution in [0.25, 0.3) is 17.2 Å². The minimum absolute atomic E-state index is 0.199. The maximum atomic E-state index is 10.6. The van der Waals surface area contributed by atoms with Gasteiger partial charge in [0.1, 0.15) is 0 Å². The van der Waals surface area contributed by atoms with E-state index in [-0.39, 0.29) is 10.8 Å². The molecular formula is C23H26O2. The molecule has 0 aromatic heterocycles. The van der Waals surface area contributed by atoms with Gasteiger partial charge < -0.3 is 5.11 Å². The molecule has 0 radical (unpaired) electrons. The van der Waals surface area contributed by atoms with Gasteiger partial charge in [-0.1, -0.05) is 70.2 Å². The average molecular weight is 334 g/mol. The standard InChI is InChI=1S/C23H26O2/c1-22(2)13-14-23(3,4)20-15-18(10-11-19(20)22)17-8-5-16(6-9-17)7-12-21(24)25/h5-12,15H,13-14H2,1-4H3,(H,24,25)/b12-7+. The predicted octanol–water partition coefficient (Wildman–Crippen LogP) is 5.80. The first-order valence-corrected chi connectivity index (χ1v) is 8.85. The largest absolute Gasteiger partial charge is 0.478 e. The zero-order valence-electron chi connectivity index (χ0n) is 15.5. The Hall–Kier alpha value is -2.35. The summed E-state index contributed by atoms with van der Waals surface area (Å²) in [6, 6.07) is 14.9. The Kier molecular flexibility index (Phi) is 4.32. The Morgan fingerprint density at radius 1 is 0.880 bits per heavy atom.